The molecule has 3 heterocycles. The van der Waals surface area contributed by atoms with Crippen molar-refractivity contribution in [3.05, 3.63) is 114 Å². The zero-order chi connectivity index (χ0) is 30.3. The molecule has 9 nitrogen and oxygen atoms in total. The molecule has 7 atom stereocenters. The van der Waals surface area contributed by atoms with Gasteiger partial charge in [-0.2, -0.15) is 0 Å². The Morgan fingerprint density at radius 3 is 2.50 bits per heavy atom. The fourth-order valence-corrected chi connectivity index (χ4v) is 11.1. The van der Waals surface area contributed by atoms with Crippen molar-refractivity contribution < 1.29 is 19.2 Å². The number of carbonyl (C=O) groups is 2. The first-order valence-corrected chi connectivity index (χ1v) is 16.3. The lowest BCUT2D eigenvalue weighted by Gasteiger charge is -2.43. The Hall–Kier alpha value is -4.22. The molecule has 3 aromatic carbocycles. The largest absolute Gasteiger partial charge is 0.489 e. The Balaban J connectivity index is 1.23. The van der Waals surface area contributed by atoms with Crippen LogP contribution in [0.4, 0.5) is 11.4 Å². The molecule has 8 rings (SSSR count). The van der Waals surface area contributed by atoms with E-state index >= 15 is 0 Å². The summed E-state index contributed by atoms with van der Waals surface area (Å²) >= 11 is 2.70. The van der Waals surface area contributed by atoms with E-state index in [4.69, 9.17) is 4.74 Å². The van der Waals surface area contributed by atoms with Gasteiger partial charge in [0, 0.05) is 33.7 Å². The van der Waals surface area contributed by atoms with Crippen molar-refractivity contribution in [1.29, 1.82) is 0 Å². The van der Waals surface area contributed by atoms with Gasteiger partial charge >= 0.3 is 4.87 Å². The number of imide groups is 1. The number of benzene rings is 3. The van der Waals surface area contributed by atoms with Crippen molar-refractivity contribution in [3.8, 4) is 5.75 Å². The molecular weight excluding hydrogens is 599 g/mol. The Labute approximate surface area is 260 Å². The maximum atomic E-state index is 14.0. The molecule has 1 aromatic heterocycles. The standard InChI is InChI=1S/C33H27N3O6S2/c1-16-6-5-7-17(12-16)15-42-23-11-10-19(36(40)41)13-20(23)24-25-21-14-22(28(25)43-30-29(24)44-33(39)34-30)27-26(21)31(37)35(32(27)38)18-8-3-2-4-9-18/h2-13,21-22,24-28H,14-15H2,1H3,(H,34,39)/t21-,22-,24+,25+,26+,27+,28-/m1/s1. The van der Waals surface area contributed by atoms with Crippen LogP contribution in [0, 0.1) is 46.6 Å². The van der Waals surface area contributed by atoms with Crippen LogP contribution < -0.4 is 14.5 Å². The van der Waals surface area contributed by atoms with Gasteiger partial charge in [0.1, 0.15) is 12.4 Å². The van der Waals surface area contributed by atoms with E-state index in [0.29, 0.717) is 17.0 Å². The number of fused-ring (bicyclic) bond motifs is 9. The van der Waals surface area contributed by atoms with Crippen LogP contribution in [0.5, 0.6) is 5.75 Å². The van der Waals surface area contributed by atoms with Crippen molar-refractivity contribution in [2.24, 2.45) is 29.6 Å². The fourth-order valence-electron chi connectivity index (χ4n) is 8.18. The zero-order valence-corrected chi connectivity index (χ0v) is 25.2. The monoisotopic (exact) mass is 625 g/mol. The van der Waals surface area contributed by atoms with Gasteiger partial charge in [0.25, 0.3) is 5.69 Å². The van der Waals surface area contributed by atoms with Crippen molar-refractivity contribution in [2.45, 2.75) is 36.1 Å². The quantitative estimate of drug-likeness (QED) is 0.161. The first-order chi connectivity index (χ1) is 21.3. The maximum absolute atomic E-state index is 14.0. The number of nitrogens with one attached hydrogen (secondary N) is 1. The molecular formula is C33H27N3O6S2. The van der Waals surface area contributed by atoms with Crippen LogP contribution in [0.25, 0.3) is 0 Å². The average Bonchev–Trinajstić information content (AvgIpc) is 3.75. The third kappa shape index (κ3) is 4.09. The maximum Gasteiger partial charge on any atom is 0.305 e. The molecule has 4 aliphatic rings. The van der Waals surface area contributed by atoms with Crippen molar-refractivity contribution in [1.82, 2.24) is 4.98 Å². The summed E-state index contributed by atoms with van der Waals surface area (Å²) < 4.78 is 6.37. The molecule has 0 unspecified atom stereocenters. The van der Waals surface area contributed by atoms with Gasteiger partial charge in [0.2, 0.25) is 11.8 Å². The van der Waals surface area contributed by atoms with Crippen molar-refractivity contribution in [2.75, 3.05) is 4.90 Å². The van der Waals surface area contributed by atoms with E-state index in [-0.39, 0.29) is 52.0 Å². The smallest absolute Gasteiger partial charge is 0.305 e. The number of nitro benzene ring substituents is 1. The average molecular weight is 626 g/mol. The SMILES string of the molecule is Cc1cccc(COc2ccc([N+](=O)[O-])cc2[C@@H]2c3sc(=O)[nH]c3S[C@@H]3[C@@H]4C[C@@H]([C@@H]5C(=O)N(c6ccccc6)C(=O)[C@@H]45)[C@@H]23)c1. The molecule has 2 aliphatic carbocycles. The van der Waals surface area contributed by atoms with Gasteiger partial charge < -0.3 is 9.72 Å². The summed E-state index contributed by atoms with van der Waals surface area (Å²) in [4.78, 5) is 57.1. The lowest BCUT2D eigenvalue weighted by molar-refractivity contribution is -0.385. The number of nitrogens with zero attached hydrogens (tertiary/aromatic N) is 2. The number of amides is 2. The van der Waals surface area contributed by atoms with Crippen LogP contribution in [0.3, 0.4) is 0 Å². The number of anilines is 1. The van der Waals surface area contributed by atoms with Gasteiger partial charge in [0.05, 0.1) is 27.5 Å². The number of ether oxygens (including phenoxy) is 1. The highest BCUT2D eigenvalue weighted by atomic mass is 32.2. The van der Waals surface area contributed by atoms with Gasteiger partial charge in [-0.05, 0) is 54.9 Å². The summed E-state index contributed by atoms with van der Waals surface area (Å²) in [6.45, 7) is 2.28. The highest BCUT2D eigenvalue weighted by Crippen LogP contribution is 2.69. The molecule has 0 spiro atoms. The number of H-pyrrole nitrogens is 1. The van der Waals surface area contributed by atoms with Crippen molar-refractivity contribution >= 4 is 46.3 Å². The zero-order valence-electron chi connectivity index (χ0n) is 23.5. The summed E-state index contributed by atoms with van der Waals surface area (Å²) in [6, 6.07) is 21.7. The summed E-state index contributed by atoms with van der Waals surface area (Å²) in [5, 5.41) is 12.7. The molecule has 2 amide bonds. The second kappa shape index (κ2) is 10.2. The minimum Gasteiger partial charge on any atom is -0.489 e. The van der Waals surface area contributed by atoms with E-state index < -0.39 is 22.7 Å². The van der Waals surface area contributed by atoms with Gasteiger partial charge in [-0.1, -0.05) is 59.4 Å². The predicted molar refractivity (Wildman–Crippen MR) is 166 cm³/mol. The number of hydrogen-bond donors (Lipinski definition) is 1. The van der Waals surface area contributed by atoms with E-state index in [2.05, 4.69) is 4.98 Å². The number of thiazole rings is 1. The summed E-state index contributed by atoms with van der Waals surface area (Å²) in [5.41, 5.74) is 3.22. The Kier molecular flexibility index (Phi) is 6.32. The van der Waals surface area contributed by atoms with Gasteiger partial charge in [0.15, 0.2) is 0 Å². The van der Waals surface area contributed by atoms with Crippen LogP contribution in [0.2, 0.25) is 0 Å². The van der Waals surface area contributed by atoms with Crippen LogP contribution >= 0.6 is 23.1 Å². The molecule has 3 fully saturated rings. The van der Waals surface area contributed by atoms with Crippen LogP contribution in [0.1, 0.15) is 33.9 Å². The van der Waals surface area contributed by atoms with E-state index in [1.807, 2.05) is 49.4 Å². The molecule has 1 saturated heterocycles. The number of aryl methyl sites for hydroxylation is 1. The molecule has 11 heteroatoms. The lowest BCUT2D eigenvalue weighted by atomic mass is 9.68. The normalized spacial score (nSPS) is 28.1. The third-order valence-electron chi connectivity index (χ3n) is 9.75. The molecule has 0 radical (unpaired) electrons. The summed E-state index contributed by atoms with van der Waals surface area (Å²) in [6.07, 6.45) is 0.724. The minimum absolute atomic E-state index is 0.0413. The van der Waals surface area contributed by atoms with Crippen LogP contribution in [0.15, 0.2) is 82.6 Å². The topological polar surface area (TPSA) is 123 Å². The van der Waals surface area contributed by atoms with Gasteiger partial charge in [-0.15, -0.1) is 11.8 Å². The second-order valence-electron chi connectivity index (χ2n) is 12.1. The molecule has 2 aliphatic heterocycles. The number of carbonyl (C=O) groups excluding carboxylic acids is 2. The van der Waals surface area contributed by atoms with E-state index in [9.17, 15) is 24.5 Å². The Morgan fingerprint density at radius 1 is 0.977 bits per heavy atom. The molecule has 2 saturated carbocycles. The first-order valence-electron chi connectivity index (χ1n) is 14.6. The van der Waals surface area contributed by atoms with E-state index in [1.54, 1.807) is 36.0 Å². The molecule has 4 aromatic rings. The number of para-hydroxylation sites is 1. The van der Waals surface area contributed by atoms with Gasteiger partial charge in [-0.3, -0.25) is 29.4 Å². The summed E-state index contributed by atoms with van der Waals surface area (Å²) in [7, 11) is 0. The fraction of sp³-hybridized carbons (Fsp3) is 0.303. The predicted octanol–water partition coefficient (Wildman–Crippen LogP) is 5.91. The van der Waals surface area contributed by atoms with Crippen LogP contribution in [-0.2, 0) is 16.2 Å². The van der Waals surface area contributed by atoms with Crippen LogP contribution in [-0.4, -0.2) is 27.0 Å². The van der Waals surface area contributed by atoms with Crippen molar-refractivity contribution in [3.63, 3.8) is 0 Å². The first kappa shape index (κ1) is 27.3. The third-order valence-corrected chi connectivity index (χ3v) is 12.3. The highest BCUT2D eigenvalue weighted by Gasteiger charge is 2.70. The molecule has 222 valence electrons. The number of rotatable bonds is 6. The molecule has 1 N–H and O–H groups in total. The minimum atomic E-state index is -0.468. The number of nitro groups is 1. The Bertz CT molecular complexity index is 1900. The number of hydrogen-bond acceptors (Lipinski definition) is 8. The van der Waals surface area contributed by atoms with Gasteiger partial charge in [-0.25, -0.2) is 0 Å². The number of non-ortho nitro benzene ring substituents is 1. The molecule has 44 heavy (non-hydrogen) atoms. The summed E-state index contributed by atoms with van der Waals surface area (Å²) in [5.74, 6) is -1.40. The number of aromatic nitrogens is 1. The number of aromatic amines is 1. The second-order valence-corrected chi connectivity index (χ2v) is 14.3. The Morgan fingerprint density at radius 2 is 1.75 bits per heavy atom. The van der Waals surface area contributed by atoms with E-state index in [0.717, 1.165) is 38.8 Å². The number of thioether (sulfide) groups is 1. The van der Waals surface area contributed by atoms with E-state index in [1.165, 1.54) is 11.0 Å². The lowest BCUT2D eigenvalue weighted by Crippen LogP contribution is -2.42. The molecule has 2 bridgehead atoms. The highest BCUT2D eigenvalue weighted by molar-refractivity contribution is 8.00.